The zero-order valence-corrected chi connectivity index (χ0v) is 19.1. The molecule has 4 rings (SSSR count). The minimum Gasteiger partial charge on any atom is -0.377 e. The molecule has 0 fully saturated rings. The first-order valence-corrected chi connectivity index (χ1v) is 11.2. The van der Waals surface area contributed by atoms with Gasteiger partial charge in [-0.05, 0) is 59.4 Å². The molecule has 0 spiro atoms. The molecule has 0 bridgehead atoms. The van der Waals surface area contributed by atoms with Gasteiger partial charge in [-0.3, -0.25) is 4.79 Å². The molecule has 6 nitrogen and oxygen atoms in total. The number of hydrogen-bond acceptors (Lipinski definition) is 5. The third kappa shape index (κ3) is 5.75. The number of nitrogens with one attached hydrogen (secondary N) is 1. The van der Waals surface area contributed by atoms with Gasteiger partial charge in [-0.15, -0.1) is 0 Å². The van der Waals surface area contributed by atoms with Crippen molar-refractivity contribution in [1.82, 2.24) is 15.5 Å². The molecule has 1 aliphatic rings. The predicted molar refractivity (Wildman–Crippen MR) is 126 cm³/mol. The zero-order chi connectivity index (χ0) is 25.0. The minimum absolute atomic E-state index is 0.119. The van der Waals surface area contributed by atoms with Crippen molar-refractivity contribution in [2.75, 3.05) is 13.2 Å². The van der Waals surface area contributed by atoms with Crippen molar-refractivity contribution in [3.63, 3.8) is 0 Å². The molecule has 182 valence electrons. The third-order valence-corrected chi connectivity index (χ3v) is 5.94. The number of benzene rings is 2. The number of rotatable bonds is 6. The van der Waals surface area contributed by atoms with Gasteiger partial charge >= 0.3 is 6.18 Å². The Kier molecular flexibility index (Phi) is 7.28. The van der Waals surface area contributed by atoms with Crippen LogP contribution in [0.2, 0.25) is 0 Å². The standard InChI is InChI=1S/C26H25F3N4O2/c1-16(32-25(34)21-12-24(33-31-15-21)19-8-10-35-11-9-19)17-2-4-18(5-3-17)23-13-22(26(27,28)29)7-6-20(23)14-30/h2-8,12-13,15-16H,9-11,14,30H2,1H3,(H,32,34)/t16-/m1/s1. The van der Waals surface area contributed by atoms with Crippen LogP contribution >= 0.6 is 0 Å². The van der Waals surface area contributed by atoms with Gasteiger partial charge in [-0.2, -0.15) is 23.4 Å². The van der Waals surface area contributed by atoms with Crippen molar-refractivity contribution in [1.29, 1.82) is 0 Å². The number of aromatic nitrogens is 2. The molecule has 9 heteroatoms. The van der Waals surface area contributed by atoms with E-state index < -0.39 is 11.7 Å². The van der Waals surface area contributed by atoms with Crippen LogP contribution in [-0.4, -0.2) is 29.3 Å². The van der Waals surface area contributed by atoms with E-state index in [1.165, 1.54) is 12.3 Å². The number of alkyl halides is 3. The molecule has 0 radical (unpaired) electrons. The van der Waals surface area contributed by atoms with Gasteiger partial charge < -0.3 is 15.8 Å². The largest absolute Gasteiger partial charge is 0.416 e. The Morgan fingerprint density at radius 3 is 2.60 bits per heavy atom. The number of carbonyl (C=O) groups is 1. The quantitative estimate of drug-likeness (QED) is 0.521. The van der Waals surface area contributed by atoms with E-state index in [-0.39, 0.29) is 18.5 Å². The lowest BCUT2D eigenvalue weighted by Crippen LogP contribution is -2.27. The molecule has 2 heterocycles. The summed E-state index contributed by atoms with van der Waals surface area (Å²) >= 11 is 0. The van der Waals surface area contributed by atoms with E-state index >= 15 is 0 Å². The van der Waals surface area contributed by atoms with Crippen LogP contribution in [0.3, 0.4) is 0 Å². The van der Waals surface area contributed by atoms with Gasteiger partial charge in [0.25, 0.3) is 5.91 Å². The van der Waals surface area contributed by atoms with Gasteiger partial charge in [0.15, 0.2) is 0 Å². The maximum atomic E-state index is 13.2. The molecule has 2 aromatic carbocycles. The lowest BCUT2D eigenvalue weighted by Gasteiger charge is -2.17. The van der Waals surface area contributed by atoms with Gasteiger partial charge in [0.05, 0.1) is 42.3 Å². The summed E-state index contributed by atoms with van der Waals surface area (Å²) < 4.78 is 44.9. The fourth-order valence-electron chi connectivity index (χ4n) is 3.92. The first kappa shape index (κ1) is 24.6. The van der Waals surface area contributed by atoms with Crippen molar-refractivity contribution in [2.24, 2.45) is 5.73 Å². The Balaban J connectivity index is 1.50. The van der Waals surface area contributed by atoms with Gasteiger partial charge in [-0.1, -0.05) is 36.4 Å². The van der Waals surface area contributed by atoms with Crippen molar-refractivity contribution in [3.8, 4) is 11.1 Å². The second-order valence-corrected chi connectivity index (χ2v) is 8.27. The summed E-state index contributed by atoms with van der Waals surface area (Å²) in [5, 5.41) is 11.0. The highest BCUT2D eigenvalue weighted by Gasteiger charge is 2.31. The van der Waals surface area contributed by atoms with Gasteiger partial charge in [0.2, 0.25) is 0 Å². The average molecular weight is 483 g/mol. The number of amides is 1. The molecule has 3 N–H and O–H groups in total. The molecule has 1 atom stereocenters. The molecule has 0 saturated carbocycles. The van der Waals surface area contributed by atoms with Crippen molar-refractivity contribution < 1.29 is 22.7 Å². The Morgan fingerprint density at radius 1 is 1.17 bits per heavy atom. The Bertz CT molecular complexity index is 1240. The maximum Gasteiger partial charge on any atom is 0.416 e. The first-order valence-electron chi connectivity index (χ1n) is 11.2. The highest BCUT2D eigenvalue weighted by atomic mass is 19.4. The molecule has 0 aliphatic carbocycles. The zero-order valence-electron chi connectivity index (χ0n) is 19.1. The molecule has 1 amide bonds. The van der Waals surface area contributed by atoms with Crippen molar-refractivity contribution >= 4 is 11.5 Å². The van der Waals surface area contributed by atoms with Crippen LogP contribution in [0.25, 0.3) is 16.7 Å². The number of hydrogen-bond donors (Lipinski definition) is 2. The fraction of sp³-hybridized carbons (Fsp3) is 0.269. The second kappa shape index (κ2) is 10.4. The van der Waals surface area contributed by atoms with Crippen LogP contribution in [0.4, 0.5) is 13.2 Å². The monoisotopic (exact) mass is 482 g/mol. The van der Waals surface area contributed by atoms with Crippen molar-refractivity contribution in [3.05, 3.63) is 88.8 Å². The van der Waals surface area contributed by atoms with E-state index in [1.54, 1.807) is 30.3 Å². The van der Waals surface area contributed by atoms with Crippen molar-refractivity contribution in [2.45, 2.75) is 32.1 Å². The Hall–Kier alpha value is -3.56. The van der Waals surface area contributed by atoms with Gasteiger partial charge in [0, 0.05) is 6.54 Å². The van der Waals surface area contributed by atoms with E-state index in [0.717, 1.165) is 23.3 Å². The number of nitrogens with two attached hydrogens (primary N) is 1. The molecule has 3 aromatic rings. The summed E-state index contributed by atoms with van der Waals surface area (Å²) in [5.74, 6) is -0.298. The SMILES string of the molecule is C[C@@H](NC(=O)c1cnnc(C2=CCOCC2)c1)c1ccc(-c2cc(C(F)(F)F)ccc2CN)cc1. The molecule has 0 unspecified atom stereocenters. The summed E-state index contributed by atoms with van der Waals surface area (Å²) in [4.78, 5) is 12.8. The third-order valence-electron chi connectivity index (χ3n) is 5.94. The molecule has 35 heavy (non-hydrogen) atoms. The van der Waals surface area contributed by atoms with Gasteiger partial charge in [0.1, 0.15) is 0 Å². The highest BCUT2D eigenvalue weighted by molar-refractivity contribution is 5.94. The lowest BCUT2D eigenvalue weighted by atomic mass is 9.95. The number of nitrogens with zero attached hydrogens (tertiary/aromatic N) is 2. The van der Waals surface area contributed by atoms with E-state index in [2.05, 4.69) is 15.5 Å². The molecular formula is C26H25F3N4O2. The topological polar surface area (TPSA) is 90.1 Å². The maximum absolute atomic E-state index is 13.2. The Labute approximate surface area is 201 Å². The van der Waals surface area contributed by atoms with Crippen LogP contribution in [0.5, 0.6) is 0 Å². The molecule has 1 aliphatic heterocycles. The summed E-state index contributed by atoms with van der Waals surface area (Å²) in [6.07, 6.45) is -0.389. The van der Waals surface area contributed by atoms with E-state index in [4.69, 9.17) is 10.5 Å². The van der Waals surface area contributed by atoms with E-state index in [1.807, 2.05) is 13.0 Å². The molecule has 1 aromatic heterocycles. The molecular weight excluding hydrogens is 457 g/mol. The van der Waals surface area contributed by atoms with Crippen LogP contribution in [0.1, 0.15) is 52.1 Å². The normalized spacial score (nSPS) is 14.8. The van der Waals surface area contributed by atoms with E-state index in [9.17, 15) is 18.0 Å². The van der Waals surface area contributed by atoms with Crippen LogP contribution in [-0.2, 0) is 17.5 Å². The summed E-state index contributed by atoms with van der Waals surface area (Å²) in [5.41, 5.74) is 9.53. The van der Waals surface area contributed by atoms with Crippen LogP contribution < -0.4 is 11.1 Å². The summed E-state index contributed by atoms with van der Waals surface area (Å²) in [6, 6.07) is 12.0. The average Bonchev–Trinajstić information content (AvgIpc) is 2.88. The number of carbonyl (C=O) groups excluding carboxylic acids is 1. The smallest absolute Gasteiger partial charge is 0.377 e. The Morgan fingerprint density at radius 2 is 1.94 bits per heavy atom. The summed E-state index contributed by atoms with van der Waals surface area (Å²) in [7, 11) is 0. The fourth-order valence-corrected chi connectivity index (χ4v) is 3.92. The first-order chi connectivity index (χ1) is 16.8. The number of ether oxygens (including phenoxy) is 1. The van der Waals surface area contributed by atoms with Crippen LogP contribution in [0.15, 0.2) is 60.8 Å². The summed E-state index contributed by atoms with van der Waals surface area (Å²) in [6.45, 7) is 3.06. The molecule has 0 saturated heterocycles. The second-order valence-electron chi connectivity index (χ2n) is 8.27. The van der Waals surface area contributed by atoms with Crippen LogP contribution in [0, 0.1) is 0 Å². The predicted octanol–water partition coefficient (Wildman–Crippen LogP) is 4.92. The highest BCUT2D eigenvalue weighted by Crippen LogP contribution is 2.34. The lowest BCUT2D eigenvalue weighted by molar-refractivity contribution is -0.137. The van der Waals surface area contributed by atoms with E-state index in [0.29, 0.717) is 47.6 Å². The van der Waals surface area contributed by atoms with Gasteiger partial charge in [-0.25, -0.2) is 0 Å². The number of halogens is 3. The minimum atomic E-state index is -4.44.